The van der Waals surface area contributed by atoms with Crippen LogP contribution in [0.15, 0.2) is 64.3 Å². The summed E-state index contributed by atoms with van der Waals surface area (Å²) < 4.78 is 36.3. The number of nitrogens with zero attached hydrogens (tertiary/aromatic N) is 3. The minimum absolute atomic E-state index is 0.0403. The van der Waals surface area contributed by atoms with Crippen molar-refractivity contribution in [2.75, 3.05) is 13.2 Å². The largest absolute Gasteiger partial charge is 0.492 e. The van der Waals surface area contributed by atoms with Crippen LogP contribution in [0.4, 0.5) is 0 Å². The number of rotatable bonds is 9. The van der Waals surface area contributed by atoms with Crippen LogP contribution >= 0.6 is 0 Å². The van der Waals surface area contributed by atoms with E-state index in [-0.39, 0.29) is 29.6 Å². The van der Waals surface area contributed by atoms with E-state index in [1.165, 1.54) is 10.7 Å². The highest BCUT2D eigenvalue weighted by Crippen LogP contribution is 2.39. The average Bonchev–Trinajstić information content (AvgIpc) is 3.54. The number of nitrogens with one attached hydrogen (secondary N) is 1. The maximum atomic E-state index is 13.0. The van der Waals surface area contributed by atoms with Crippen molar-refractivity contribution in [1.82, 2.24) is 19.1 Å². The molecule has 0 spiro atoms. The molecule has 1 aliphatic carbocycles. The quantitative estimate of drug-likeness (QED) is 0.564. The van der Waals surface area contributed by atoms with Gasteiger partial charge in [-0.15, -0.1) is 0 Å². The molecule has 1 N–H and O–H groups in total. The van der Waals surface area contributed by atoms with E-state index in [1.807, 2.05) is 30.3 Å². The molecule has 0 unspecified atom stereocenters. The first-order valence-corrected chi connectivity index (χ1v) is 11.5. The number of benzene rings is 2. The summed E-state index contributed by atoms with van der Waals surface area (Å²) in [4.78, 5) is 13.0. The monoisotopic (exact) mass is 428 g/mol. The number of para-hydroxylation sites is 2. The molecule has 1 aromatic heterocycles. The van der Waals surface area contributed by atoms with Crippen molar-refractivity contribution in [3.05, 3.63) is 70.9 Å². The third kappa shape index (κ3) is 4.17. The zero-order chi connectivity index (χ0) is 21.1. The fourth-order valence-corrected chi connectivity index (χ4v) is 4.47. The van der Waals surface area contributed by atoms with Crippen molar-refractivity contribution >= 4 is 10.0 Å². The summed E-state index contributed by atoms with van der Waals surface area (Å²) in [6.07, 6.45) is 2.01. The topological polar surface area (TPSA) is 95.2 Å². The predicted octanol–water partition coefficient (Wildman–Crippen LogP) is 2.29. The summed E-state index contributed by atoms with van der Waals surface area (Å²) in [5.74, 6) is 1.30. The molecule has 1 saturated carbocycles. The van der Waals surface area contributed by atoms with Gasteiger partial charge in [-0.1, -0.05) is 30.3 Å². The first-order chi connectivity index (χ1) is 14.5. The summed E-state index contributed by atoms with van der Waals surface area (Å²) >= 11 is 0. The Morgan fingerprint density at radius 1 is 1.10 bits per heavy atom. The minimum atomic E-state index is -3.78. The molecule has 158 valence electrons. The highest BCUT2D eigenvalue weighted by molar-refractivity contribution is 7.89. The number of sulfonamides is 1. The molecular weight excluding hydrogens is 404 g/mol. The Morgan fingerprint density at radius 3 is 2.50 bits per heavy atom. The van der Waals surface area contributed by atoms with Crippen LogP contribution in [-0.2, 0) is 16.6 Å². The predicted molar refractivity (Wildman–Crippen MR) is 113 cm³/mol. The van der Waals surface area contributed by atoms with Gasteiger partial charge in [0, 0.05) is 12.5 Å². The molecule has 0 aliphatic heterocycles. The number of aromatic nitrogens is 3. The van der Waals surface area contributed by atoms with Gasteiger partial charge in [0.05, 0.1) is 18.8 Å². The second-order valence-corrected chi connectivity index (χ2v) is 8.82. The number of hydrogen-bond donors (Lipinski definition) is 1. The third-order valence-electron chi connectivity index (χ3n) is 4.88. The van der Waals surface area contributed by atoms with E-state index in [4.69, 9.17) is 4.74 Å². The van der Waals surface area contributed by atoms with Gasteiger partial charge in [0.1, 0.15) is 16.5 Å². The van der Waals surface area contributed by atoms with Crippen molar-refractivity contribution in [2.24, 2.45) is 0 Å². The van der Waals surface area contributed by atoms with Gasteiger partial charge in [0.25, 0.3) is 0 Å². The van der Waals surface area contributed by atoms with E-state index >= 15 is 0 Å². The van der Waals surface area contributed by atoms with Crippen LogP contribution in [-0.4, -0.2) is 35.9 Å². The molecule has 30 heavy (non-hydrogen) atoms. The van der Waals surface area contributed by atoms with Crippen molar-refractivity contribution in [3.8, 4) is 11.4 Å². The average molecular weight is 429 g/mol. The van der Waals surface area contributed by atoms with E-state index in [2.05, 4.69) is 9.82 Å². The van der Waals surface area contributed by atoms with Crippen LogP contribution in [0.2, 0.25) is 0 Å². The first kappa shape index (κ1) is 20.4. The van der Waals surface area contributed by atoms with Gasteiger partial charge in [-0.3, -0.25) is 0 Å². The Bertz CT molecular complexity index is 1180. The molecule has 0 saturated heterocycles. The van der Waals surface area contributed by atoms with E-state index in [1.54, 1.807) is 29.7 Å². The number of ether oxygens (including phenoxy) is 1. The van der Waals surface area contributed by atoms with Crippen LogP contribution in [0.3, 0.4) is 0 Å². The molecule has 0 bridgehead atoms. The smallest absolute Gasteiger partial charge is 0.350 e. The highest BCUT2D eigenvalue weighted by Gasteiger charge is 2.31. The molecule has 1 aliphatic rings. The minimum Gasteiger partial charge on any atom is -0.492 e. The Balaban J connectivity index is 1.53. The molecular formula is C21H24N4O4S. The van der Waals surface area contributed by atoms with E-state index < -0.39 is 10.0 Å². The van der Waals surface area contributed by atoms with Gasteiger partial charge in [-0.05, 0) is 44.0 Å². The van der Waals surface area contributed by atoms with Crippen LogP contribution in [0.25, 0.3) is 5.69 Å². The second kappa shape index (κ2) is 8.45. The molecule has 3 aromatic rings. The van der Waals surface area contributed by atoms with Gasteiger partial charge in [-0.25, -0.2) is 27.2 Å². The molecule has 1 heterocycles. The Labute approximate surface area is 175 Å². The van der Waals surface area contributed by atoms with E-state index in [9.17, 15) is 13.2 Å². The summed E-state index contributed by atoms with van der Waals surface area (Å²) in [5.41, 5.74) is 0.499. The van der Waals surface area contributed by atoms with Gasteiger partial charge in [-0.2, -0.15) is 5.10 Å². The fraction of sp³-hybridized carbons (Fsp3) is 0.333. The Hall–Kier alpha value is -2.91. The highest BCUT2D eigenvalue weighted by atomic mass is 32.2. The maximum Gasteiger partial charge on any atom is 0.350 e. The van der Waals surface area contributed by atoms with Crippen LogP contribution in [0.1, 0.15) is 31.5 Å². The Kier molecular flexibility index (Phi) is 5.74. The molecule has 0 atom stereocenters. The van der Waals surface area contributed by atoms with Crippen LogP contribution in [0.5, 0.6) is 5.75 Å². The SMILES string of the molecule is CCOc1ccccc1S(=O)(=O)NCCn1nc(C2CC2)n(-c2ccccc2)c1=O. The van der Waals surface area contributed by atoms with Gasteiger partial charge in [0.15, 0.2) is 0 Å². The van der Waals surface area contributed by atoms with Gasteiger partial charge >= 0.3 is 5.69 Å². The van der Waals surface area contributed by atoms with Gasteiger partial charge in [0.2, 0.25) is 10.0 Å². The lowest BCUT2D eigenvalue weighted by Gasteiger charge is -2.11. The van der Waals surface area contributed by atoms with Crippen molar-refractivity contribution < 1.29 is 13.2 Å². The lowest BCUT2D eigenvalue weighted by Crippen LogP contribution is -2.32. The zero-order valence-corrected chi connectivity index (χ0v) is 17.5. The van der Waals surface area contributed by atoms with Crippen LogP contribution in [0, 0.1) is 0 Å². The molecule has 8 nitrogen and oxygen atoms in total. The normalized spacial score (nSPS) is 14.0. The number of hydrogen-bond acceptors (Lipinski definition) is 5. The van der Waals surface area contributed by atoms with Crippen molar-refractivity contribution in [3.63, 3.8) is 0 Å². The Morgan fingerprint density at radius 2 is 1.80 bits per heavy atom. The molecule has 2 aromatic carbocycles. The molecule has 1 fully saturated rings. The summed E-state index contributed by atoms with van der Waals surface area (Å²) in [6.45, 7) is 2.33. The van der Waals surface area contributed by atoms with Crippen molar-refractivity contribution in [1.29, 1.82) is 0 Å². The summed E-state index contributed by atoms with van der Waals surface area (Å²) in [6, 6.07) is 15.9. The molecule has 0 radical (unpaired) electrons. The van der Waals surface area contributed by atoms with Crippen molar-refractivity contribution in [2.45, 2.75) is 37.1 Å². The fourth-order valence-electron chi connectivity index (χ4n) is 3.31. The standard InChI is InChI=1S/C21H24N4O4S/c1-2-29-18-10-6-7-11-19(18)30(27,28)22-14-15-24-21(26)25(17-8-4-3-5-9-17)20(23-24)16-12-13-16/h3-11,16,22H,2,12-15H2,1H3. The van der Waals surface area contributed by atoms with Crippen LogP contribution < -0.4 is 15.1 Å². The van der Waals surface area contributed by atoms with E-state index in [0.717, 1.165) is 24.4 Å². The summed E-state index contributed by atoms with van der Waals surface area (Å²) in [5, 5.41) is 4.50. The molecule has 4 rings (SSSR count). The molecule has 0 amide bonds. The first-order valence-electron chi connectivity index (χ1n) is 9.98. The third-order valence-corrected chi connectivity index (χ3v) is 6.38. The molecule has 9 heteroatoms. The zero-order valence-electron chi connectivity index (χ0n) is 16.7. The maximum absolute atomic E-state index is 13.0. The lowest BCUT2D eigenvalue weighted by molar-refractivity contribution is 0.331. The lowest BCUT2D eigenvalue weighted by atomic mass is 10.3. The second-order valence-electron chi connectivity index (χ2n) is 7.09. The van der Waals surface area contributed by atoms with E-state index in [0.29, 0.717) is 12.4 Å². The summed E-state index contributed by atoms with van der Waals surface area (Å²) in [7, 11) is -3.78. The van der Waals surface area contributed by atoms with Gasteiger partial charge < -0.3 is 4.74 Å².